The van der Waals surface area contributed by atoms with Crippen molar-refractivity contribution >= 4 is 31.7 Å². The normalized spacial score (nSPS) is 22.7. The van der Waals surface area contributed by atoms with E-state index in [-0.39, 0.29) is 47.2 Å². The molecule has 1 aromatic carbocycles. The number of sulfonamides is 1. The van der Waals surface area contributed by atoms with Crippen molar-refractivity contribution < 1.29 is 26.4 Å². The molecule has 2 aliphatic heterocycles. The van der Waals surface area contributed by atoms with Crippen LogP contribution in [0.5, 0.6) is 0 Å². The Bertz CT molecular complexity index is 1080. The largest absolute Gasteiger partial charge is 0.351 e. The molecule has 1 aromatic rings. The average molecular weight is 500 g/mol. The number of nitrogens with zero attached hydrogens (tertiary/aromatic N) is 1. The lowest BCUT2D eigenvalue weighted by molar-refractivity contribution is -0.133. The lowest BCUT2D eigenvalue weighted by Crippen LogP contribution is -2.54. The van der Waals surface area contributed by atoms with Gasteiger partial charge in [0, 0.05) is 25.0 Å². The molecular formula is C22H33N3O6S2. The fourth-order valence-electron chi connectivity index (χ4n) is 4.22. The van der Waals surface area contributed by atoms with Gasteiger partial charge in [0.15, 0.2) is 9.84 Å². The molecular weight excluding hydrogens is 466 g/mol. The fraction of sp³-hybridized carbons (Fsp3) is 0.636. The smallest absolute Gasteiger partial charge is 0.243 e. The summed E-state index contributed by atoms with van der Waals surface area (Å²) in [6, 6.07) is 5.47. The molecule has 2 heterocycles. The Morgan fingerprint density at radius 2 is 1.67 bits per heavy atom. The number of piperidine rings is 1. The number of amides is 2. The van der Waals surface area contributed by atoms with Crippen LogP contribution in [0.4, 0.5) is 0 Å². The number of nitrogens with one attached hydrogen (secondary N) is 2. The molecule has 3 rings (SSSR count). The SMILES string of the molecule is Cc1ccc(S(=O)(=O)N2CCC(C(=O)N[C@H](C(=O)N[C@H]3CCS(=O)(=O)C3)C(C)C)CC2)cc1. The molecule has 184 valence electrons. The molecule has 2 amide bonds. The summed E-state index contributed by atoms with van der Waals surface area (Å²) in [5, 5.41) is 5.56. The van der Waals surface area contributed by atoms with Crippen molar-refractivity contribution in [2.45, 2.75) is 57.0 Å². The average Bonchev–Trinajstić information content (AvgIpc) is 3.09. The second-order valence-corrected chi connectivity index (χ2v) is 13.5. The summed E-state index contributed by atoms with van der Waals surface area (Å²) < 4.78 is 50.4. The monoisotopic (exact) mass is 499 g/mol. The van der Waals surface area contributed by atoms with Gasteiger partial charge in [0.05, 0.1) is 16.4 Å². The van der Waals surface area contributed by atoms with Crippen LogP contribution in [-0.4, -0.2) is 69.6 Å². The van der Waals surface area contributed by atoms with E-state index in [1.54, 1.807) is 24.3 Å². The van der Waals surface area contributed by atoms with Gasteiger partial charge in [-0.15, -0.1) is 0 Å². The Labute approximate surface area is 196 Å². The molecule has 2 N–H and O–H groups in total. The molecule has 0 bridgehead atoms. The summed E-state index contributed by atoms with van der Waals surface area (Å²) in [6.45, 7) is 5.97. The zero-order valence-corrected chi connectivity index (χ0v) is 20.9. The van der Waals surface area contributed by atoms with Gasteiger partial charge in [0.2, 0.25) is 21.8 Å². The van der Waals surface area contributed by atoms with Crippen molar-refractivity contribution in [1.29, 1.82) is 0 Å². The first-order chi connectivity index (χ1) is 15.4. The quantitative estimate of drug-likeness (QED) is 0.572. The van der Waals surface area contributed by atoms with E-state index in [4.69, 9.17) is 0 Å². The predicted octanol–water partition coefficient (Wildman–Crippen LogP) is 0.840. The van der Waals surface area contributed by atoms with Crippen molar-refractivity contribution in [2.24, 2.45) is 11.8 Å². The summed E-state index contributed by atoms with van der Waals surface area (Å²) in [5.41, 5.74) is 0.975. The molecule has 0 unspecified atom stereocenters. The second kappa shape index (κ2) is 10.1. The molecule has 0 saturated carbocycles. The highest BCUT2D eigenvalue weighted by molar-refractivity contribution is 7.91. The molecule has 2 aliphatic rings. The van der Waals surface area contributed by atoms with Gasteiger partial charge in [-0.25, -0.2) is 16.8 Å². The van der Waals surface area contributed by atoms with Crippen LogP contribution in [0.15, 0.2) is 29.2 Å². The van der Waals surface area contributed by atoms with Crippen molar-refractivity contribution in [3.63, 3.8) is 0 Å². The lowest BCUT2D eigenvalue weighted by Gasteiger charge is -2.32. The van der Waals surface area contributed by atoms with Crippen LogP contribution in [0, 0.1) is 18.8 Å². The number of hydrogen-bond donors (Lipinski definition) is 2. The summed E-state index contributed by atoms with van der Waals surface area (Å²) in [6.07, 6.45) is 1.11. The molecule has 0 aliphatic carbocycles. The Morgan fingerprint density at radius 1 is 1.06 bits per heavy atom. The molecule has 0 aromatic heterocycles. The van der Waals surface area contributed by atoms with Crippen molar-refractivity contribution in [3.8, 4) is 0 Å². The number of hydrogen-bond acceptors (Lipinski definition) is 6. The van der Waals surface area contributed by atoms with E-state index < -0.39 is 37.9 Å². The Hall–Kier alpha value is -1.98. The van der Waals surface area contributed by atoms with Gasteiger partial charge in [-0.2, -0.15) is 4.31 Å². The third-order valence-electron chi connectivity index (χ3n) is 6.31. The number of sulfone groups is 1. The number of carbonyl (C=O) groups excluding carboxylic acids is 2. The predicted molar refractivity (Wildman–Crippen MR) is 125 cm³/mol. The number of carbonyl (C=O) groups is 2. The molecule has 33 heavy (non-hydrogen) atoms. The Kier molecular flexibility index (Phi) is 7.85. The van der Waals surface area contributed by atoms with E-state index in [2.05, 4.69) is 10.6 Å². The third kappa shape index (κ3) is 6.33. The van der Waals surface area contributed by atoms with Crippen LogP contribution < -0.4 is 10.6 Å². The minimum absolute atomic E-state index is 0.0563. The third-order valence-corrected chi connectivity index (χ3v) is 9.99. The van der Waals surface area contributed by atoms with Crippen LogP contribution in [0.3, 0.4) is 0 Å². The minimum atomic E-state index is -3.61. The van der Waals surface area contributed by atoms with Gasteiger partial charge in [-0.3, -0.25) is 9.59 Å². The number of benzene rings is 1. The first kappa shape index (κ1) is 25.6. The maximum Gasteiger partial charge on any atom is 0.243 e. The molecule has 11 heteroatoms. The highest BCUT2D eigenvalue weighted by Crippen LogP contribution is 2.24. The van der Waals surface area contributed by atoms with Gasteiger partial charge in [0.25, 0.3) is 0 Å². The van der Waals surface area contributed by atoms with Crippen molar-refractivity contribution in [2.75, 3.05) is 24.6 Å². The zero-order chi connectivity index (χ0) is 24.4. The van der Waals surface area contributed by atoms with Crippen LogP contribution >= 0.6 is 0 Å². The highest BCUT2D eigenvalue weighted by atomic mass is 32.2. The molecule has 2 saturated heterocycles. The van der Waals surface area contributed by atoms with E-state index in [9.17, 15) is 26.4 Å². The fourth-order valence-corrected chi connectivity index (χ4v) is 7.37. The summed E-state index contributed by atoms with van der Waals surface area (Å²) in [7, 11) is -6.74. The molecule has 2 atom stereocenters. The van der Waals surface area contributed by atoms with Crippen LogP contribution in [0.1, 0.15) is 38.7 Å². The van der Waals surface area contributed by atoms with E-state index in [0.29, 0.717) is 19.3 Å². The van der Waals surface area contributed by atoms with Crippen LogP contribution in [0.2, 0.25) is 0 Å². The van der Waals surface area contributed by atoms with Crippen molar-refractivity contribution in [1.82, 2.24) is 14.9 Å². The first-order valence-electron chi connectivity index (χ1n) is 11.3. The lowest BCUT2D eigenvalue weighted by atomic mass is 9.95. The maximum absolute atomic E-state index is 12.9. The van der Waals surface area contributed by atoms with Gasteiger partial charge >= 0.3 is 0 Å². The topological polar surface area (TPSA) is 130 Å². The first-order valence-corrected chi connectivity index (χ1v) is 14.5. The second-order valence-electron chi connectivity index (χ2n) is 9.33. The number of aryl methyl sites for hydroxylation is 1. The Balaban J connectivity index is 1.56. The minimum Gasteiger partial charge on any atom is -0.351 e. The number of rotatable bonds is 7. The molecule has 2 fully saturated rings. The summed E-state index contributed by atoms with van der Waals surface area (Å²) >= 11 is 0. The van der Waals surface area contributed by atoms with Crippen LogP contribution in [0.25, 0.3) is 0 Å². The summed E-state index contributed by atoms with van der Waals surface area (Å²) in [5.74, 6) is -1.27. The van der Waals surface area contributed by atoms with Gasteiger partial charge in [-0.1, -0.05) is 31.5 Å². The standard InChI is InChI=1S/C22H33N3O6S2/c1-15(2)20(22(27)23-18-10-13-32(28,29)14-18)24-21(26)17-8-11-25(12-9-17)33(30,31)19-6-4-16(3)5-7-19/h4-7,15,17-18,20H,8-14H2,1-3H3,(H,23,27)(H,24,26)/t18-,20-/m0/s1. The summed E-state index contributed by atoms with van der Waals surface area (Å²) in [4.78, 5) is 25.8. The van der Waals surface area contributed by atoms with E-state index >= 15 is 0 Å². The van der Waals surface area contributed by atoms with Crippen LogP contribution in [-0.2, 0) is 29.4 Å². The molecule has 0 spiro atoms. The molecule has 0 radical (unpaired) electrons. The van der Waals surface area contributed by atoms with E-state index in [1.165, 1.54) is 4.31 Å². The van der Waals surface area contributed by atoms with Gasteiger partial charge < -0.3 is 10.6 Å². The van der Waals surface area contributed by atoms with Gasteiger partial charge in [-0.05, 0) is 44.2 Å². The van der Waals surface area contributed by atoms with E-state index in [0.717, 1.165) is 5.56 Å². The highest BCUT2D eigenvalue weighted by Gasteiger charge is 2.35. The Morgan fingerprint density at radius 3 is 2.18 bits per heavy atom. The zero-order valence-electron chi connectivity index (χ0n) is 19.3. The van der Waals surface area contributed by atoms with Crippen molar-refractivity contribution in [3.05, 3.63) is 29.8 Å². The molecule has 9 nitrogen and oxygen atoms in total. The van der Waals surface area contributed by atoms with E-state index in [1.807, 2.05) is 20.8 Å². The van der Waals surface area contributed by atoms with Gasteiger partial charge in [0.1, 0.15) is 6.04 Å². The maximum atomic E-state index is 12.9.